The molecule has 2 aromatic carbocycles. The molecule has 1 atom stereocenters. The summed E-state index contributed by atoms with van der Waals surface area (Å²) in [6, 6.07) is 14.2. The van der Waals surface area contributed by atoms with Gasteiger partial charge >= 0.3 is 5.97 Å². The van der Waals surface area contributed by atoms with Crippen molar-refractivity contribution in [1.82, 2.24) is 14.8 Å². The number of carbonyl (C=O) groups is 1. The lowest BCUT2D eigenvalue weighted by molar-refractivity contribution is -0.141. The number of anilines is 1. The largest absolute Gasteiger partial charge is 0.469 e. The number of fused-ring (bicyclic) bond motifs is 3. The lowest BCUT2D eigenvalue weighted by Crippen LogP contribution is -2.12. The summed E-state index contributed by atoms with van der Waals surface area (Å²) in [7, 11) is 1.38. The quantitative estimate of drug-likeness (QED) is 0.327. The maximum atomic E-state index is 13.1. The summed E-state index contributed by atoms with van der Waals surface area (Å²) in [6.07, 6.45) is 0.869. The van der Waals surface area contributed by atoms with Gasteiger partial charge in [-0.25, -0.2) is 4.39 Å². The number of nitrogens with zero attached hydrogens (tertiary/aromatic N) is 4. The zero-order valence-corrected chi connectivity index (χ0v) is 22.0. The van der Waals surface area contributed by atoms with Gasteiger partial charge in [0.25, 0.3) is 0 Å². The Bertz CT molecular complexity index is 1470. The first kappa shape index (κ1) is 24.8. The van der Waals surface area contributed by atoms with Crippen molar-refractivity contribution in [2.45, 2.75) is 39.7 Å². The van der Waals surface area contributed by atoms with Crippen molar-refractivity contribution in [2.24, 2.45) is 4.99 Å². The highest BCUT2D eigenvalue weighted by molar-refractivity contribution is 7.15. The number of rotatable bonds is 7. The molecule has 0 saturated heterocycles. The van der Waals surface area contributed by atoms with Crippen LogP contribution >= 0.6 is 11.3 Å². The Morgan fingerprint density at radius 2 is 1.81 bits per heavy atom. The van der Waals surface area contributed by atoms with Gasteiger partial charge < -0.3 is 10.1 Å². The number of aromatic nitrogens is 3. The van der Waals surface area contributed by atoms with Crippen molar-refractivity contribution in [3.05, 3.63) is 93.1 Å². The number of thiophene rings is 1. The number of hydrogen-bond donors (Lipinski definition) is 1. The average molecular weight is 518 g/mol. The molecule has 0 fully saturated rings. The minimum atomic E-state index is -0.517. The van der Waals surface area contributed by atoms with E-state index >= 15 is 0 Å². The Balaban J connectivity index is 1.47. The van der Waals surface area contributed by atoms with Crippen molar-refractivity contribution >= 4 is 28.7 Å². The van der Waals surface area contributed by atoms with Crippen LogP contribution in [0.5, 0.6) is 0 Å². The van der Waals surface area contributed by atoms with Crippen molar-refractivity contribution in [1.29, 1.82) is 0 Å². The number of ether oxygens (including phenoxy) is 1. The topological polar surface area (TPSA) is 81.4 Å². The first-order chi connectivity index (χ1) is 17.9. The standard InChI is InChI=1S/C28H28FN5O2S/c1-16-17(2)37-28-25(16)26(31-23(15-24(35)36-4)27-33-32-18(3)34(27)28)20-7-11-22(12-8-20)30-14-13-19-5-9-21(29)10-6-19/h5-12,23,30H,13-15H2,1-4H3/t23-/m0/s1. The summed E-state index contributed by atoms with van der Waals surface area (Å²) in [5.74, 6) is 0.819. The fourth-order valence-corrected chi connectivity index (χ4v) is 5.73. The Morgan fingerprint density at radius 3 is 2.51 bits per heavy atom. The Hall–Kier alpha value is -3.85. The molecule has 0 amide bonds. The molecule has 0 aliphatic carbocycles. The van der Waals surface area contributed by atoms with Crippen LogP contribution in [-0.2, 0) is 16.0 Å². The fourth-order valence-electron chi connectivity index (χ4n) is 4.51. The summed E-state index contributed by atoms with van der Waals surface area (Å²) < 4.78 is 20.1. The summed E-state index contributed by atoms with van der Waals surface area (Å²) in [5, 5.41) is 13.1. The number of nitrogens with one attached hydrogen (secondary N) is 1. The predicted octanol–water partition coefficient (Wildman–Crippen LogP) is 5.50. The van der Waals surface area contributed by atoms with Crippen LogP contribution in [0, 0.1) is 26.6 Å². The molecule has 5 rings (SSSR count). The molecule has 4 aromatic rings. The number of methoxy groups -OCH3 is 1. The second kappa shape index (κ2) is 10.3. The summed E-state index contributed by atoms with van der Waals surface area (Å²) >= 11 is 1.68. The molecule has 1 aliphatic rings. The van der Waals surface area contributed by atoms with Crippen molar-refractivity contribution in [3.63, 3.8) is 0 Å². The SMILES string of the molecule is COC(=O)C[C@@H]1N=C(c2ccc(NCCc3ccc(F)cc3)cc2)c2c(sc(C)c2C)-n2c(C)nnc21. The molecule has 3 heterocycles. The third-order valence-electron chi connectivity index (χ3n) is 6.64. The van der Waals surface area contributed by atoms with E-state index in [2.05, 4.69) is 29.4 Å². The summed E-state index contributed by atoms with van der Waals surface area (Å²) in [6.45, 7) is 6.85. The second-order valence-corrected chi connectivity index (χ2v) is 10.3. The highest BCUT2D eigenvalue weighted by Crippen LogP contribution is 2.39. The first-order valence-corrected chi connectivity index (χ1v) is 12.9. The molecular weight excluding hydrogens is 489 g/mol. The van der Waals surface area contributed by atoms with Gasteiger partial charge in [0.05, 0.1) is 19.2 Å². The molecule has 0 bridgehead atoms. The molecule has 9 heteroatoms. The van der Waals surface area contributed by atoms with Crippen LogP contribution < -0.4 is 5.32 Å². The molecule has 0 saturated carbocycles. The van der Waals surface area contributed by atoms with Crippen LogP contribution in [0.4, 0.5) is 10.1 Å². The van der Waals surface area contributed by atoms with Gasteiger partial charge in [0.15, 0.2) is 5.82 Å². The van der Waals surface area contributed by atoms with E-state index in [1.807, 2.05) is 35.8 Å². The van der Waals surface area contributed by atoms with Gasteiger partial charge in [-0.2, -0.15) is 0 Å². The molecule has 1 N–H and O–H groups in total. The predicted molar refractivity (Wildman–Crippen MR) is 143 cm³/mol. The third kappa shape index (κ3) is 4.91. The third-order valence-corrected chi connectivity index (χ3v) is 7.83. The highest BCUT2D eigenvalue weighted by Gasteiger charge is 2.32. The van der Waals surface area contributed by atoms with Crippen LogP contribution in [0.25, 0.3) is 5.00 Å². The summed E-state index contributed by atoms with van der Waals surface area (Å²) in [5.41, 5.74) is 6.03. The molecule has 0 spiro atoms. The van der Waals surface area contributed by atoms with E-state index in [1.165, 1.54) is 24.1 Å². The molecule has 2 aromatic heterocycles. The van der Waals surface area contributed by atoms with Crippen LogP contribution in [0.1, 0.15) is 51.2 Å². The maximum Gasteiger partial charge on any atom is 0.308 e. The smallest absolute Gasteiger partial charge is 0.308 e. The van der Waals surface area contributed by atoms with E-state index in [1.54, 1.807) is 23.5 Å². The number of carbonyl (C=O) groups excluding carboxylic acids is 1. The van der Waals surface area contributed by atoms with Crippen LogP contribution in [0.2, 0.25) is 0 Å². The molecule has 37 heavy (non-hydrogen) atoms. The van der Waals surface area contributed by atoms with Crippen LogP contribution in [-0.4, -0.2) is 40.1 Å². The van der Waals surface area contributed by atoms with E-state index in [-0.39, 0.29) is 18.2 Å². The number of aryl methyl sites for hydroxylation is 2. The monoisotopic (exact) mass is 517 g/mol. The first-order valence-electron chi connectivity index (χ1n) is 12.1. The van der Waals surface area contributed by atoms with E-state index in [4.69, 9.17) is 9.73 Å². The Labute approximate surface area is 219 Å². The number of benzene rings is 2. The molecule has 7 nitrogen and oxygen atoms in total. The van der Waals surface area contributed by atoms with Gasteiger partial charge in [0.2, 0.25) is 0 Å². The lowest BCUT2D eigenvalue weighted by atomic mass is 9.99. The normalized spacial score (nSPS) is 14.4. The van der Waals surface area contributed by atoms with E-state index < -0.39 is 6.04 Å². The van der Waals surface area contributed by atoms with Gasteiger partial charge in [-0.05, 0) is 62.6 Å². The Kier molecular flexibility index (Phi) is 6.88. The van der Waals surface area contributed by atoms with Gasteiger partial charge in [0.1, 0.15) is 22.7 Å². The van der Waals surface area contributed by atoms with Crippen molar-refractivity contribution in [2.75, 3.05) is 19.0 Å². The maximum absolute atomic E-state index is 13.1. The molecular formula is C28H28FN5O2S. The number of hydrogen-bond acceptors (Lipinski definition) is 7. The molecule has 1 aliphatic heterocycles. The van der Waals surface area contributed by atoms with E-state index in [0.29, 0.717) is 5.82 Å². The molecule has 190 valence electrons. The minimum Gasteiger partial charge on any atom is -0.469 e. The van der Waals surface area contributed by atoms with Gasteiger partial charge in [0, 0.05) is 28.2 Å². The van der Waals surface area contributed by atoms with E-state index in [9.17, 15) is 9.18 Å². The Morgan fingerprint density at radius 1 is 1.08 bits per heavy atom. The van der Waals surface area contributed by atoms with Crippen molar-refractivity contribution < 1.29 is 13.9 Å². The average Bonchev–Trinajstić information content (AvgIpc) is 3.37. The fraction of sp³-hybridized carbons (Fsp3) is 0.286. The van der Waals surface area contributed by atoms with E-state index in [0.717, 1.165) is 57.4 Å². The number of esters is 1. The number of halogens is 1. The van der Waals surface area contributed by atoms with Gasteiger partial charge in [-0.15, -0.1) is 21.5 Å². The van der Waals surface area contributed by atoms with Gasteiger partial charge in [-0.3, -0.25) is 14.4 Å². The molecule has 0 radical (unpaired) electrons. The summed E-state index contributed by atoms with van der Waals surface area (Å²) in [4.78, 5) is 18.6. The van der Waals surface area contributed by atoms with Gasteiger partial charge in [-0.1, -0.05) is 24.3 Å². The lowest BCUT2D eigenvalue weighted by Gasteiger charge is -2.12. The second-order valence-electron chi connectivity index (χ2n) is 9.06. The zero-order valence-electron chi connectivity index (χ0n) is 21.2. The highest BCUT2D eigenvalue weighted by atomic mass is 32.1. The zero-order chi connectivity index (χ0) is 26.1. The minimum absolute atomic E-state index is 0.0775. The number of aliphatic imine (C=N–C) groups is 1. The van der Waals surface area contributed by atoms with Crippen molar-refractivity contribution in [3.8, 4) is 5.00 Å². The van der Waals surface area contributed by atoms with Crippen LogP contribution in [0.15, 0.2) is 53.5 Å². The van der Waals surface area contributed by atoms with Crippen LogP contribution in [0.3, 0.4) is 0 Å². The molecule has 0 unspecified atom stereocenters.